The van der Waals surface area contributed by atoms with Gasteiger partial charge >= 0.3 is 0 Å². The maximum atomic E-state index is 4.07. The predicted octanol–water partition coefficient (Wildman–Crippen LogP) is 3.25. The zero-order valence-electron chi connectivity index (χ0n) is 7.40. The first-order valence-electron chi connectivity index (χ1n) is 4.35. The molecule has 2 fully saturated rings. The molecule has 2 aliphatic rings. The van der Waals surface area contributed by atoms with Crippen molar-refractivity contribution < 1.29 is 0 Å². The minimum absolute atomic E-state index is 0.581. The second-order valence-corrected chi connectivity index (χ2v) is 3.88. The largest absolute Gasteiger partial charge is 0.0955 e. The molecule has 0 saturated heterocycles. The molecule has 0 aliphatic heterocycles. The van der Waals surface area contributed by atoms with E-state index in [1.54, 1.807) is 0 Å². The van der Waals surface area contributed by atoms with E-state index in [-0.39, 0.29) is 0 Å². The first-order valence-corrected chi connectivity index (χ1v) is 4.35. The van der Waals surface area contributed by atoms with Gasteiger partial charge in [0.05, 0.1) is 0 Å². The second-order valence-electron chi connectivity index (χ2n) is 3.88. The number of fused-ring (bicyclic) bond motifs is 1. The number of hydrogen-bond acceptors (Lipinski definition) is 0. The van der Waals surface area contributed by atoms with Crippen LogP contribution in [0.5, 0.6) is 0 Å². The molecule has 0 aromatic heterocycles. The lowest BCUT2D eigenvalue weighted by molar-refractivity contribution is 0.552. The van der Waals surface area contributed by atoms with Gasteiger partial charge in [0, 0.05) is 0 Å². The smallest absolute Gasteiger partial charge is 0.00530 e. The maximum Gasteiger partial charge on any atom is -0.00530 e. The van der Waals surface area contributed by atoms with Crippen LogP contribution in [0.3, 0.4) is 0 Å². The van der Waals surface area contributed by atoms with Crippen LogP contribution in [0.2, 0.25) is 0 Å². The van der Waals surface area contributed by atoms with Crippen molar-refractivity contribution >= 4 is 0 Å². The van der Waals surface area contributed by atoms with Gasteiger partial charge < -0.3 is 0 Å². The summed E-state index contributed by atoms with van der Waals surface area (Å²) in [5.41, 5.74) is 4.91. The average Bonchev–Trinajstić information content (AvgIpc) is 2.43. The van der Waals surface area contributed by atoms with E-state index in [4.69, 9.17) is 0 Å². The molecule has 0 heteroatoms. The van der Waals surface area contributed by atoms with Gasteiger partial charge in [-0.15, -0.1) is 0 Å². The molecule has 0 spiro atoms. The molecule has 0 N–H and O–H groups in total. The molecule has 62 valence electrons. The molecule has 0 aromatic carbocycles. The Bertz CT molecular complexity index is 272. The van der Waals surface area contributed by atoms with Crippen LogP contribution in [0.4, 0.5) is 0 Å². The molecule has 0 amide bonds. The van der Waals surface area contributed by atoms with Crippen molar-refractivity contribution in [3.8, 4) is 0 Å². The van der Waals surface area contributed by atoms with Crippen LogP contribution in [0, 0.1) is 11.8 Å². The summed E-state index contributed by atoms with van der Waals surface area (Å²) < 4.78 is 0. The van der Waals surface area contributed by atoms with Crippen molar-refractivity contribution in [1.29, 1.82) is 0 Å². The Labute approximate surface area is 74.0 Å². The Hall–Kier alpha value is -1.04. The van der Waals surface area contributed by atoms with Crippen LogP contribution >= 0.6 is 0 Å². The van der Waals surface area contributed by atoms with Crippen molar-refractivity contribution in [2.24, 2.45) is 11.8 Å². The van der Waals surface area contributed by atoms with Gasteiger partial charge in [-0.2, -0.15) is 0 Å². The van der Waals surface area contributed by atoms with E-state index >= 15 is 0 Å². The fourth-order valence-corrected chi connectivity index (χ4v) is 2.33. The van der Waals surface area contributed by atoms with Crippen LogP contribution in [-0.4, -0.2) is 0 Å². The molecule has 0 bridgehead atoms. The zero-order valence-corrected chi connectivity index (χ0v) is 7.40. The summed E-state index contributed by atoms with van der Waals surface area (Å²) >= 11 is 0. The lowest BCUT2D eigenvalue weighted by Crippen LogP contribution is -1.99. The monoisotopic (exact) mass is 158 g/mol. The molecule has 12 heavy (non-hydrogen) atoms. The molecular formula is C12H14. The summed E-state index contributed by atoms with van der Waals surface area (Å²) in [6.07, 6.45) is 2.11. The van der Waals surface area contributed by atoms with Gasteiger partial charge in [0.15, 0.2) is 0 Å². The molecule has 0 radical (unpaired) electrons. The van der Waals surface area contributed by atoms with E-state index in [2.05, 4.69) is 26.3 Å². The normalized spacial score (nSPS) is 34.7. The van der Waals surface area contributed by atoms with Crippen molar-refractivity contribution in [2.45, 2.75) is 12.8 Å². The molecule has 2 atom stereocenters. The Morgan fingerprint density at radius 2 is 1.08 bits per heavy atom. The van der Waals surface area contributed by atoms with Crippen LogP contribution in [0.25, 0.3) is 0 Å². The Morgan fingerprint density at radius 1 is 0.750 bits per heavy atom. The highest BCUT2D eigenvalue weighted by Crippen LogP contribution is 2.52. The Kier molecular flexibility index (Phi) is 1.41. The van der Waals surface area contributed by atoms with Crippen LogP contribution < -0.4 is 0 Å². The fourth-order valence-electron chi connectivity index (χ4n) is 2.33. The van der Waals surface area contributed by atoms with Gasteiger partial charge in [-0.3, -0.25) is 0 Å². The second kappa shape index (κ2) is 2.22. The van der Waals surface area contributed by atoms with Gasteiger partial charge in [0.1, 0.15) is 0 Å². The van der Waals surface area contributed by atoms with Gasteiger partial charge in [-0.1, -0.05) is 37.5 Å². The molecule has 2 aliphatic carbocycles. The topological polar surface area (TPSA) is 0 Å². The molecule has 0 nitrogen and oxygen atoms in total. The standard InChI is InChI=1S/C12H14/c1-7-5-11-10(4)8(2)6-12(11)9(7)3/h11-12H,1-6H2. The molecule has 0 aromatic rings. The third-order valence-electron chi connectivity index (χ3n) is 3.22. The number of allylic oxidation sites excluding steroid dienone is 4. The first-order chi connectivity index (χ1) is 5.61. The van der Waals surface area contributed by atoms with Crippen LogP contribution in [0.1, 0.15) is 12.8 Å². The molecule has 0 heterocycles. The van der Waals surface area contributed by atoms with E-state index in [0.717, 1.165) is 12.8 Å². The molecule has 2 rings (SSSR count). The Morgan fingerprint density at radius 3 is 1.42 bits per heavy atom. The minimum atomic E-state index is 0.581. The minimum Gasteiger partial charge on any atom is -0.0955 e. The van der Waals surface area contributed by atoms with Gasteiger partial charge in [0.2, 0.25) is 0 Å². The first kappa shape index (κ1) is 7.60. The van der Waals surface area contributed by atoms with E-state index in [1.807, 2.05) is 0 Å². The lowest BCUT2D eigenvalue weighted by Gasteiger charge is -2.07. The van der Waals surface area contributed by atoms with E-state index in [9.17, 15) is 0 Å². The lowest BCUT2D eigenvalue weighted by atomic mass is 9.96. The van der Waals surface area contributed by atoms with Gasteiger partial charge in [-0.25, -0.2) is 0 Å². The molecule has 2 saturated carbocycles. The van der Waals surface area contributed by atoms with Gasteiger partial charge in [-0.05, 0) is 35.8 Å². The summed E-state index contributed by atoms with van der Waals surface area (Å²) in [5.74, 6) is 1.16. The molecule has 2 unspecified atom stereocenters. The molecular weight excluding hydrogens is 144 g/mol. The highest BCUT2D eigenvalue weighted by atomic mass is 14.4. The summed E-state index contributed by atoms with van der Waals surface area (Å²) in [6.45, 7) is 16.1. The van der Waals surface area contributed by atoms with Crippen molar-refractivity contribution in [1.82, 2.24) is 0 Å². The van der Waals surface area contributed by atoms with Crippen LogP contribution in [-0.2, 0) is 0 Å². The van der Waals surface area contributed by atoms with Crippen molar-refractivity contribution in [2.75, 3.05) is 0 Å². The Balaban J connectivity index is 2.36. The quantitative estimate of drug-likeness (QED) is 0.507. The third-order valence-corrected chi connectivity index (χ3v) is 3.22. The average molecular weight is 158 g/mol. The highest BCUT2D eigenvalue weighted by Gasteiger charge is 2.40. The SMILES string of the molecule is C=C1CC2C(=C)C(=C)CC2C1=C. The van der Waals surface area contributed by atoms with Crippen molar-refractivity contribution in [3.05, 3.63) is 48.6 Å². The number of hydrogen-bond donors (Lipinski definition) is 0. The van der Waals surface area contributed by atoms with E-state index < -0.39 is 0 Å². The zero-order chi connectivity index (χ0) is 8.88. The van der Waals surface area contributed by atoms with Crippen LogP contribution in [0.15, 0.2) is 48.6 Å². The summed E-state index contributed by atoms with van der Waals surface area (Å²) in [6, 6.07) is 0. The summed E-state index contributed by atoms with van der Waals surface area (Å²) in [5, 5.41) is 0. The van der Waals surface area contributed by atoms with E-state index in [0.29, 0.717) is 11.8 Å². The number of rotatable bonds is 0. The summed E-state index contributed by atoms with van der Waals surface area (Å²) in [7, 11) is 0. The predicted molar refractivity (Wildman–Crippen MR) is 52.8 cm³/mol. The highest BCUT2D eigenvalue weighted by molar-refractivity contribution is 5.47. The maximum absolute atomic E-state index is 4.07. The van der Waals surface area contributed by atoms with E-state index in [1.165, 1.54) is 22.3 Å². The third kappa shape index (κ3) is 0.781. The van der Waals surface area contributed by atoms with Crippen molar-refractivity contribution in [3.63, 3.8) is 0 Å². The van der Waals surface area contributed by atoms with Gasteiger partial charge in [0.25, 0.3) is 0 Å². The fraction of sp³-hybridized carbons (Fsp3) is 0.333. The summed E-state index contributed by atoms with van der Waals surface area (Å²) in [4.78, 5) is 0.